The normalized spacial score (nSPS) is 13.9. The van der Waals surface area contributed by atoms with Gasteiger partial charge in [-0.25, -0.2) is 13.6 Å². The lowest BCUT2D eigenvalue weighted by atomic mass is 9.87. The van der Waals surface area contributed by atoms with Crippen molar-refractivity contribution in [3.05, 3.63) is 0 Å². The first-order valence-corrected chi connectivity index (χ1v) is 6.25. The predicted molar refractivity (Wildman–Crippen MR) is 67.6 cm³/mol. The Kier molecular flexibility index (Phi) is 6.92. The average molecular weight is 316 g/mol. The standard InChI is InChI=1S/C12H20F4N2O3/c1-11(2,3)5-7(4-8(19)20)18-10(21)17-6-12(15,16)9(13)14/h7,9H,4-6H2,1-3H3,(H,19,20)(H2,17,18,21). The zero-order chi connectivity index (χ0) is 16.8. The van der Waals surface area contributed by atoms with Gasteiger partial charge in [0.05, 0.1) is 13.0 Å². The molecule has 0 aromatic heterocycles. The number of carbonyl (C=O) groups excluding carboxylic acids is 1. The summed E-state index contributed by atoms with van der Waals surface area (Å²) in [5.74, 6) is -5.49. The van der Waals surface area contributed by atoms with Crippen molar-refractivity contribution >= 4 is 12.0 Å². The number of hydrogen-bond acceptors (Lipinski definition) is 2. The van der Waals surface area contributed by atoms with Crippen LogP contribution in [0.1, 0.15) is 33.6 Å². The van der Waals surface area contributed by atoms with Crippen molar-refractivity contribution in [2.24, 2.45) is 5.41 Å². The smallest absolute Gasteiger partial charge is 0.324 e. The van der Waals surface area contributed by atoms with Crippen LogP contribution in [-0.4, -0.2) is 42.0 Å². The Morgan fingerprint density at radius 2 is 1.71 bits per heavy atom. The van der Waals surface area contributed by atoms with Gasteiger partial charge in [0.15, 0.2) is 0 Å². The van der Waals surface area contributed by atoms with Crippen LogP contribution < -0.4 is 10.6 Å². The van der Waals surface area contributed by atoms with Crippen LogP contribution in [0.25, 0.3) is 0 Å². The molecule has 0 spiro atoms. The van der Waals surface area contributed by atoms with E-state index in [1.54, 1.807) is 5.32 Å². The molecule has 0 aliphatic carbocycles. The molecule has 0 aliphatic rings. The summed E-state index contributed by atoms with van der Waals surface area (Å²) < 4.78 is 49.1. The van der Waals surface area contributed by atoms with Gasteiger partial charge in [0, 0.05) is 6.04 Å². The number of carboxylic acid groups (broad SMARTS) is 1. The number of aliphatic carboxylic acids is 1. The summed E-state index contributed by atoms with van der Waals surface area (Å²) in [6.45, 7) is 3.91. The van der Waals surface area contributed by atoms with Gasteiger partial charge in [-0.2, -0.15) is 8.78 Å². The van der Waals surface area contributed by atoms with E-state index in [9.17, 15) is 27.2 Å². The van der Waals surface area contributed by atoms with E-state index in [1.807, 2.05) is 20.8 Å². The molecule has 0 aromatic carbocycles. The van der Waals surface area contributed by atoms with Crippen LogP contribution in [0.2, 0.25) is 0 Å². The molecular weight excluding hydrogens is 296 g/mol. The maximum absolute atomic E-state index is 12.6. The monoisotopic (exact) mass is 316 g/mol. The first-order chi connectivity index (χ1) is 9.33. The second-order valence-electron chi connectivity index (χ2n) is 5.95. The molecular formula is C12H20F4N2O3. The van der Waals surface area contributed by atoms with Crippen molar-refractivity contribution in [2.45, 2.75) is 52.0 Å². The molecule has 0 saturated carbocycles. The zero-order valence-electron chi connectivity index (χ0n) is 12.1. The molecule has 0 aromatic rings. The Labute approximate surface area is 120 Å². The fraction of sp³-hybridized carbons (Fsp3) is 0.833. The highest BCUT2D eigenvalue weighted by Crippen LogP contribution is 2.23. The third kappa shape index (κ3) is 9.09. The topological polar surface area (TPSA) is 78.4 Å². The van der Waals surface area contributed by atoms with Crippen LogP contribution in [-0.2, 0) is 4.79 Å². The minimum atomic E-state index is -4.33. The van der Waals surface area contributed by atoms with Gasteiger partial charge in [0.25, 0.3) is 0 Å². The molecule has 5 nitrogen and oxygen atoms in total. The maximum Gasteiger partial charge on any atom is 0.324 e. The van der Waals surface area contributed by atoms with E-state index >= 15 is 0 Å². The number of halogens is 4. The number of hydrogen-bond donors (Lipinski definition) is 3. The fourth-order valence-electron chi connectivity index (χ4n) is 1.64. The van der Waals surface area contributed by atoms with E-state index in [-0.39, 0.29) is 11.8 Å². The summed E-state index contributed by atoms with van der Waals surface area (Å²) in [6.07, 6.45) is -3.99. The van der Waals surface area contributed by atoms with Crippen molar-refractivity contribution < 1.29 is 32.3 Å². The molecule has 0 radical (unpaired) electrons. The molecule has 3 N–H and O–H groups in total. The summed E-state index contributed by atoms with van der Waals surface area (Å²) in [6, 6.07) is -1.89. The van der Waals surface area contributed by atoms with Crippen LogP contribution in [0.3, 0.4) is 0 Å². The van der Waals surface area contributed by atoms with Gasteiger partial charge in [0.2, 0.25) is 0 Å². The molecule has 0 aliphatic heterocycles. The molecule has 0 rings (SSSR count). The summed E-state index contributed by atoms with van der Waals surface area (Å²) in [5, 5.41) is 12.6. The molecule has 0 heterocycles. The number of alkyl halides is 4. The summed E-state index contributed by atoms with van der Waals surface area (Å²) in [4.78, 5) is 22.1. The van der Waals surface area contributed by atoms with Gasteiger partial charge in [-0.15, -0.1) is 0 Å². The Balaban J connectivity index is 4.50. The van der Waals surface area contributed by atoms with Crippen LogP contribution >= 0.6 is 0 Å². The van der Waals surface area contributed by atoms with Gasteiger partial charge < -0.3 is 15.7 Å². The summed E-state index contributed by atoms with van der Waals surface area (Å²) in [7, 11) is 0. The molecule has 1 unspecified atom stereocenters. The zero-order valence-corrected chi connectivity index (χ0v) is 12.1. The van der Waals surface area contributed by atoms with Crippen LogP contribution in [0.5, 0.6) is 0 Å². The molecule has 0 saturated heterocycles. The van der Waals surface area contributed by atoms with Crippen molar-refractivity contribution in [3.8, 4) is 0 Å². The number of rotatable bonds is 7. The number of carboxylic acids is 1. The fourth-order valence-corrected chi connectivity index (χ4v) is 1.64. The number of urea groups is 1. The van der Waals surface area contributed by atoms with Crippen molar-refractivity contribution in [2.75, 3.05) is 6.54 Å². The third-order valence-corrected chi connectivity index (χ3v) is 2.42. The molecule has 9 heteroatoms. The van der Waals surface area contributed by atoms with Crippen LogP contribution in [0, 0.1) is 5.41 Å². The molecule has 1 atom stereocenters. The number of amides is 2. The quantitative estimate of drug-likeness (QED) is 0.631. The van der Waals surface area contributed by atoms with Gasteiger partial charge >= 0.3 is 24.3 Å². The van der Waals surface area contributed by atoms with Crippen molar-refractivity contribution in [3.63, 3.8) is 0 Å². The predicted octanol–water partition coefficient (Wildman–Crippen LogP) is 2.47. The number of carbonyl (C=O) groups is 2. The van der Waals surface area contributed by atoms with E-state index in [0.717, 1.165) is 0 Å². The van der Waals surface area contributed by atoms with Crippen molar-refractivity contribution in [1.29, 1.82) is 0 Å². The lowest BCUT2D eigenvalue weighted by Crippen LogP contribution is -2.49. The Morgan fingerprint density at radius 1 is 1.19 bits per heavy atom. The van der Waals surface area contributed by atoms with Gasteiger partial charge in [0.1, 0.15) is 0 Å². The van der Waals surface area contributed by atoms with Crippen LogP contribution in [0.15, 0.2) is 0 Å². The van der Waals surface area contributed by atoms with E-state index in [2.05, 4.69) is 5.32 Å². The van der Waals surface area contributed by atoms with Gasteiger partial charge in [-0.3, -0.25) is 4.79 Å². The van der Waals surface area contributed by atoms with Crippen LogP contribution in [0.4, 0.5) is 22.4 Å². The Morgan fingerprint density at radius 3 is 2.10 bits per heavy atom. The lowest BCUT2D eigenvalue weighted by Gasteiger charge is -2.26. The lowest BCUT2D eigenvalue weighted by molar-refractivity contribution is -0.137. The summed E-state index contributed by atoms with van der Waals surface area (Å²) >= 11 is 0. The van der Waals surface area contributed by atoms with Gasteiger partial charge in [-0.1, -0.05) is 20.8 Å². The molecule has 0 fully saturated rings. The highest BCUT2D eigenvalue weighted by Gasteiger charge is 2.41. The third-order valence-electron chi connectivity index (χ3n) is 2.42. The second-order valence-corrected chi connectivity index (χ2v) is 5.95. The second kappa shape index (κ2) is 7.46. The molecule has 2 amide bonds. The minimum absolute atomic E-state index is 0.290. The van der Waals surface area contributed by atoms with E-state index in [4.69, 9.17) is 5.11 Å². The highest BCUT2D eigenvalue weighted by molar-refractivity contribution is 5.75. The SMILES string of the molecule is CC(C)(C)CC(CC(=O)O)NC(=O)NCC(F)(F)C(F)F. The number of nitrogens with one attached hydrogen (secondary N) is 2. The highest BCUT2D eigenvalue weighted by atomic mass is 19.3. The first kappa shape index (κ1) is 19.5. The Bertz CT molecular complexity index is 370. The minimum Gasteiger partial charge on any atom is -0.481 e. The molecule has 21 heavy (non-hydrogen) atoms. The van der Waals surface area contributed by atoms with E-state index in [0.29, 0.717) is 0 Å². The molecule has 124 valence electrons. The van der Waals surface area contributed by atoms with Crippen molar-refractivity contribution in [1.82, 2.24) is 10.6 Å². The van der Waals surface area contributed by atoms with E-state index < -0.39 is 43.4 Å². The first-order valence-electron chi connectivity index (χ1n) is 6.25. The average Bonchev–Trinajstić information content (AvgIpc) is 2.22. The van der Waals surface area contributed by atoms with Gasteiger partial charge in [-0.05, 0) is 11.8 Å². The molecule has 0 bridgehead atoms. The summed E-state index contributed by atoms with van der Waals surface area (Å²) in [5.41, 5.74) is -0.305. The van der Waals surface area contributed by atoms with E-state index in [1.165, 1.54) is 0 Å². The Hall–Kier alpha value is -1.54. The largest absolute Gasteiger partial charge is 0.481 e. The maximum atomic E-state index is 12.6.